The van der Waals surface area contributed by atoms with Gasteiger partial charge in [0, 0.05) is 28.5 Å². The van der Waals surface area contributed by atoms with Gasteiger partial charge < -0.3 is 10.2 Å². The largest absolute Gasteiger partial charge is 0.317 e. The lowest BCUT2D eigenvalue weighted by molar-refractivity contribution is 0.273. The summed E-state index contributed by atoms with van der Waals surface area (Å²) in [4.78, 5) is 4.01. The lowest BCUT2D eigenvalue weighted by atomic mass is 10.2. The molecule has 0 aliphatic carbocycles. The van der Waals surface area contributed by atoms with Gasteiger partial charge in [0.2, 0.25) is 0 Å². The van der Waals surface area contributed by atoms with E-state index >= 15 is 0 Å². The number of rotatable bonds is 7. The normalized spacial score (nSPS) is 18.9. The molecule has 1 saturated heterocycles. The van der Waals surface area contributed by atoms with Crippen molar-refractivity contribution < 1.29 is 0 Å². The molecule has 19 heavy (non-hydrogen) atoms. The number of piperidine rings is 1. The smallest absolute Gasteiger partial charge is 0.0112 e. The average molecular weight is 299 g/mol. The van der Waals surface area contributed by atoms with Gasteiger partial charge in [0.1, 0.15) is 0 Å². The second kappa shape index (κ2) is 8.30. The zero-order valence-corrected chi connectivity index (χ0v) is 13.7. The Labute approximate surface area is 126 Å². The summed E-state index contributed by atoms with van der Waals surface area (Å²) in [5.41, 5.74) is 0. The predicted octanol–water partition coefficient (Wildman–Crippen LogP) is 3.10. The van der Waals surface area contributed by atoms with Crippen LogP contribution < -0.4 is 5.32 Å². The number of hydrogen-bond donors (Lipinski definition) is 1. The van der Waals surface area contributed by atoms with Gasteiger partial charge in [-0.15, -0.1) is 11.3 Å². The average Bonchev–Trinajstić information content (AvgIpc) is 2.92. The van der Waals surface area contributed by atoms with E-state index in [2.05, 4.69) is 53.5 Å². The molecule has 1 aromatic rings. The SMILES string of the molecule is CC(Cc1cccs1)N(C)CCSC1CCNCC1. The van der Waals surface area contributed by atoms with Gasteiger partial charge in [-0.2, -0.15) is 11.8 Å². The summed E-state index contributed by atoms with van der Waals surface area (Å²) in [6.45, 7) is 5.97. The zero-order valence-electron chi connectivity index (χ0n) is 12.1. The maximum atomic E-state index is 3.43. The number of nitrogens with zero attached hydrogens (tertiary/aromatic N) is 1. The Morgan fingerprint density at radius 3 is 2.95 bits per heavy atom. The van der Waals surface area contributed by atoms with Crippen molar-refractivity contribution in [3.05, 3.63) is 22.4 Å². The van der Waals surface area contributed by atoms with Crippen molar-refractivity contribution in [1.29, 1.82) is 0 Å². The Balaban J connectivity index is 1.61. The van der Waals surface area contributed by atoms with E-state index in [-0.39, 0.29) is 0 Å². The number of hydrogen-bond acceptors (Lipinski definition) is 4. The lowest BCUT2D eigenvalue weighted by Gasteiger charge is -2.26. The molecule has 0 amide bonds. The molecule has 2 nitrogen and oxygen atoms in total. The van der Waals surface area contributed by atoms with Crippen LogP contribution in [-0.2, 0) is 6.42 Å². The van der Waals surface area contributed by atoms with Crippen LogP contribution in [0.5, 0.6) is 0 Å². The molecule has 1 unspecified atom stereocenters. The van der Waals surface area contributed by atoms with Gasteiger partial charge in [-0.3, -0.25) is 0 Å². The number of nitrogens with one attached hydrogen (secondary N) is 1. The van der Waals surface area contributed by atoms with Gasteiger partial charge in [-0.05, 0) is 57.8 Å². The highest BCUT2D eigenvalue weighted by atomic mass is 32.2. The van der Waals surface area contributed by atoms with Gasteiger partial charge >= 0.3 is 0 Å². The van der Waals surface area contributed by atoms with Gasteiger partial charge in [0.25, 0.3) is 0 Å². The van der Waals surface area contributed by atoms with E-state index < -0.39 is 0 Å². The topological polar surface area (TPSA) is 15.3 Å². The lowest BCUT2D eigenvalue weighted by Crippen LogP contribution is -2.34. The molecule has 1 aromatic heterocycles. The Bertz CT molecular complexity index is 334. The third-order valence-electron chi connectivity index (χ3n) is 3.91. The van der Waals surface area contributed by atoms with Crippen molar-refractivity contribution in [2.24, 2.45) is 0 Å². The predicted molar refractivity (Wildman–Crippen MR) is 88.5 cm³/mol. The molecule has 0 saturated carbocycles. The van der Waals surface area contributed by atoms with E-state index in [1.54, 1.807) is 0 Å². The van der Waals surface area contributed by atoms with Crippen LogP contribution in [0.2, 0.25) is 0 Å². The van der Waals surface area contributed by atoms with Crippen molar-refractivity contribution in [2.45, 2.75) is 37.5 Å². The molecule has 2 heterocycles. The summed E-state index contributed by atoms with van der Waals surface area (Å²) in [6, 6.07) is 5.05. The minimum Gasteiger partial charge on any atom is -0.317 e. The fourth-order valence-corrected chi connectivity index (χ4v) is 4.54. The number of thiophene rings is 1. The molecule has 2 rings (SSSR count). The standard InChI is InChI=1S/C15H26N2S2/c1-13(12-15-4-3-10-18-15)17(2)9-11-19-14-5-7-16-8-6-14/h3-4,10,13-14,16H,5-9,11-12H2,1-2H3. The Hall–Kier alpha value is -0.0300. The quantitative estimate of drug-likeness (QED) is 0.833. The van der Waals surface area contributed by atoms with E-state index in [0.29, 0.717) is 6.04 Å². The van der Waals surface area contributed by atoms with Crippen LogP contribution in [0.3, 0.4) is 0 Å². The molecule has 0 spiro atoms. The van der Waals surface area contributed by atoms with Crippen molar-refractivity contribution in [2.75, 3.05) is 32.4 Å². The van der Waals surface area contributed by atoms with Crippen LogP contribution >= 0.6 is 23.1 Å². The second-order valence-electron chi connectivity index (χ2n) is 5.43. The second-order valence-corrected chi connectivity index (χ2v) is 7.87. The Morgan fingerprint density at radius 1 is 1.47 bits per heavy atom. The van der Waals surface area contributed by atoms with Gasteiger partial charge in [-0.25, -0.2) is 0 Å². The zero-order chi connectivity index (χ0) is 13.5. The van der Waals surface area contributed by atoms with Crippen LogP contribution in [0.25, 0.3) is 0 Å². The molecule has 0 bridgehead atoms. The number of thioether (sulfide) groups is 1. The Morgan fingerprint density at radius 2 is 2.26 bits per heavy atom. The summed E-state index contributed by atoms with van der Waals surface area (Å²) < 4.78 is 0. The van der Waals surface area contributed by atoms with Crippen molar-refractivity contribution in [3.8, 4) is 0 Å². The van der Waals surface area contributed by atoms with E-state index in [4.69, 9.17) is 0 Å². The highest BCUT2D eigenvalue weighted by Gasteiger charge is 2.14. The Kier molecular flexibility index (Phi) is 6.71. The summed E-state index contributed by atoms with van der Waals surface area (Å²) in [6.07, 6.45) is 3.88. The molecule has 1 aliphatic rings. The first-order valence-electron chi connectivity index (χ1n) is 7.30. The monoisotopic (exact) mass is 298 g/mol. The van der Waals surface area contributed by atoms with E-state index in [0.717, 1.165) is 5.25 Å². The van der Waals surface area contributed by atoms with Crippen molar-refractivity contribution in [1.82, 2.24) is 10.2 Å². The minimum atomic E-state index is 0.646. The molecule has 0 aromatic carbocycles. The van der Waals surface area contributed by atoms with E-state index in [1.165, 1.54) is 49.5 Å². The molecule has 108 valence electrons. The van der Waals surface area contributed by atoms with E-state index in [1.807, 2.05) is 11.3 Å². The van der Waals surface area contributed by atoms with Crippen LogP contribution in [0.15, 0.2) is 17.5 Å². The summed E-state index contributed by atoms with van der Waals surface area (Å²) in [5.74, 6) is 1.27. The molecular weight excluding hydrogens is 272 g/mol. The van der Waals surface area contributed by atoms with Crippen LogP contribution in [0, 0.1) is 0 Å². The van der Waals surface area contributed by atoms with Crippen LogP contribution in [-0.4, -0.2) is 48.6 Å². The summed E-state index contributed by atoms with van der Waals surface area (Å²) in [7, 11) is 2.27. The molecule has 0 radical (unpaired) electrons. The van der Waals surface area contributed by atoms with Gasteiger partial charge in [-0.1, -0.05) is 6.07 Å². The van der Waals surface area contributed by atoms with E-state index in [9.17, 15) is 0 Å². The third kappa shape index (κ3) is 5.46. The molecule has 1 N–H and O–H groups in total. The van der Waals surface area contributed by atoms with Crippen LogP contribution in [0.4, 0.5) is 0 Å². The first-order valence-corrected chi connectivity index (χ1v) is 9.23. The maximum absolute atomic E-state index is 3.43. The first kappa shape index (κ1) is 15.4. The summed E-state index contributed by atoms with van der Waals surface area (Å²) >= 11 is 4.05. The fourth-order valence-electron chi connectivity index (χ4n) is 2.42. The first-order chi connectivity index (χ1) is 9.25. The van der Waals surface area contributed by atoms with Crippen LogP contribution in [0.1, 0.15) is 24.6 Å². The molecule has 1 fully saturated rings. The van der Waals surface area contributed by atoms with Gasteiger partial charge in [0.15, 0.2) is 0 Å². The molecule has 1 aliphatic heterocycles. The van der Waals surface area contributed by atoms with Gasteiger partial charge in [0.05, 0.1) is 0 Å². The molecule has 1 atom stereocenters. The molecular formula is C15H26N2S2. The van der Waals surface area contributed by atoms with Crippen molar-refractivity contribution >= 4 is 23.1 Å². The fraction of sp³-hybridized carbons (Fsp3) is 0.733. The minimum absolute atomic E-state index is 0.646. The molecule has 4 heteroatoms. The summed E-state index contributed by atoms with van der Waals surface area (Å²) in [5, 5.41) is 6.50. The maximum Gasteiger partial charge on any atom is 0.0112 e. The number of likely N-dealkylation sites (N-methyl/N-ethyl adjacent to an activating group) is 1. The highest BCUT2D eigenvalue weighted by molar-refractivity contribution is 7.99. The van der Waals surface area contributed by atoms with Crippen molar-refractivity contribution in [3.63, 3.8) is 0 Å². The third-order valence-corrected chi connectivity index (χ3v) is 6.17. The highest BCUT2D eigenvalue weighted by Crippen LogP contribution is 2.20.